The van der Waals surface area contributed by atoms with Gasteiger partial charge in [-0.05, 0) is 48.9 Å². The van der Waals surface area contributed by atoms with E-state index in [4.69, 9.17) is 4.74 Å². The van der Waals surface area contributed by atoms with Crippen LogP contribution in [0.3, 0.4) is 0 Å². The van der Waals surface area contributed by atoms with E-state index in [-0.39, 0.29) is 29.8 Å². The Kier molecular flexibility index (Phi) is 4.27. The first kappa shape index (κ1) is 17.1. The van der Waals surface area contributed by atoms with E-state index in [1.165, 1.54) is 12.1 Å². The minimum Gasteiger partial charge on any atom is -0.504 e. The molecule has 2 aromatic carbocycles. The molecular weight excluding hydrogens is 349 g/mol. The van der Waals surface area contributed by atoms with E-state index >= 15 is 0 Å². The van der Waals surface area contributed by atoms with Crippen LogP contribution in [0.5, 0.6) is 11.5 Å². The average molecular weight is 367 g/mol. The zero-order valence-corrected chi connectivity index (χ0v) is 14.6. The predicted molar refractivity (Wildman–Crippen MR) is 97.9 cm³/mol. The smallest absolute Gasteiger partial charge is 0.226 e. The fraction of sp³-hybridized carbons (Fsp3) is 0.200. The Morgan fingerprint density at radius 3 is 2.81 bits per heavy atom. The van der Waals surface area contributed by atoms with Crippen LogP contribution in [-0.2, 0) is 4.79 Å². The number of fused-ring (bicyclic) bond motifs is 1. The van der Waals surface area contributed by atoms with Gasteiger partial charge in [0.2, 0.25) is 5.91 Å². The molecule has 1 aliphatic heterocycles. The van der Waals surface area contributed by atoms with E-state index < -0.39 is 0 Å². The summed E-state index contributed by atoms with van der Waals surface area (Å²) >= 11 is 0. The third kappa shape index (κ3) is 3.12. The van der Waals surface area contributed by atoms with Gasteiger partial charge in [0.05, 0.1) is 18.5 Å². The highest BCUT2D eigenvalue weighted by Gasteiger charge is 2.30. The summed E-state index contributed by atoms with van der Waals surface area (Å²) in [6.07, 6.45) is 1.97. The minimum atomic E-state index is -0.339. The first-order chi connectivity index (χ1) is 13.1. The van der Waals surface area contributed by atoms with E-state index in [0.717, 1.165) is 11.1 Å². The number of aromatic nitrogens is 2. The Morgan fingerprint density at radius 2 is 2.07 bits per heavy atom. The molecule has 2 heterocycles. The van der Waals surface area contributed by atoms with Crippen molar-refractivity contribution in [2.75, 3.05) is 11.9 Å². The summed E-state index contributed by atoms with van der Waals surface area (Å²) in [7, 11) is 0. The van der Waals surface area contributed by atoms with Crippen LogP contribution in [0.4, 0.5) is 10.2 Å². The lowest BCUT2D eigenvalue weighted by molar-refractivity contribution is -0.116. The van der Waals surface area contributed by atoms with Gasteiger partial charge >= 0.3 is 0 Å². The van der Waals surface area contributed by atoms with Crippen molar-refractivity contribution in [1.82, 2.24) is 9.78 Å². The number of anilines is 1. The molecule has 1 amide bonds. The Bertz CT molecular complexity index is 998. The number of aromatic hydroxyl groups is 1. The van der Waals surface area contributed by atoms with Gasteiger partial charge in [-0.25, -0.2) is 9.07 Å². The first-order valence-corrected chi connectivity index (χ1v) is 8.66. The van der Waals surface area contributed by atoms with Crippen molar-refractivity contribution in [2.45, 2.75) is 19.3 Å². The third-order valence-corrected chi connectivity index (χ3v) is 4.58. The number of hydrogen-bond acceptors (Lipinski definition) is 4. The number of phenolic OH excluding ortho intramolecular Hbond substituents is 1. The maximum atomic E-state index is 13.2. The van der Waals surface area contributed by atoms with Gasteiger partial charge in [-0.2, -0.15) is 5.10 Å². The van der Waals surface area contributed by atoms with Gasteiger partial charge in [0.1, 0.15) is 11.6 Å². The predicted octanol–water partition coefficient (Wildman–Crippen LogP) is 3.59. The lowest BCUT2D eigenvalue weighted by Gasteiger charge is -2.24. The molecule has 0 radical (unpaired) electrons. The molecule has 3 aromatic rings. The topological polar surface area (TPSA) is 76.4 Å². The van der Waals surface area contributed by atoms with Crippen LogP contribution in [0.1, 0.15) is 30.4 Å². The molecule has 1 atom stereocenters. The van der Waals surface area contributed by atoms with E-state index in [1.54, 1.807) is 41.2 Å². The lowest BCUT2D eigenvalue weighted by Crippen LogP contribution is -2.24. The number of benzene rings is 2. The van der Waals surface area contributed by atoms with Crippen molar-refractivity contribution in [3.63, 3.8) is 0 Å². The van der Waals surface area contributed by atoms with Crippen LogP contribution in [0.15, 0.2) is 48.7 Å². The highest BCUT2D eigenvalue weighted by atomic mass is 19.1. The Labute approximate surface area is 155 Å². The maximum Gasteiger partial charge on any atom is 0.226 e. The second-order valence-corrected chi connectivity index (χ2v) is 6.30. The normalized spacial score (nSPS) is 15.9. The molecule has 0 saturated carbocycles. The maximum absolute atomic E-state index is 13.2. The SMILES string of the molecule is CCOc1cc([C@@H]2CC(=O)Nc3c2cnn3-c2ccc(F)cc2)ccc1O. The van der Waals surface area contributed by atoms with E-state index in [9.17, 15) is 14.3 Å². The van der Waals surface area contributed by atoms with E-state index in [1.807, 2.05) is 6.92 Å². The molecule has 1 aromatic heterocycles. The highest BCUT2D eigenvalue weighted by Crippen LogP contribution is 2.40. The number of phenols is 1. The standard InChI is InChI=1S/C20H18FN3O3/c1-2-27-18-9-12(3-8-17(18)25)15-10-19(26)23-20-16(15)11-22-24(20)14-6-4-13(21)5-7-14/h3-9,11,15,25H,2,10H2,1H3,(H,23,26)/t15-/m0/s1. The van der Waals surface area contributed by atoms with E-state index in [0.29, 0.717) is 23.9 Å². The first-order valence-electron chi connectivity index (χ1n) is 8.66. The molecule has 0 aliphatic carbocycles. The molecule has 0 spiro atoms. The van der Waals surface area contributed by atoms with Crippen molar-refractivity contribution < 1.29 is 19.0 Å². The molecule has 4 rings (SSSR count). The molecule has 2 N–H and O–H groups in total. The summed E-state index contributed by atoms with van der Waals surface area (Å²) in [4.78, 5) is 12.3. The van der Waals surface area contributed by atoms with Gasteiger partial charge in [-0.1, -0.05) is 6.07 Å². The van der Waals surface area contributed by atoms with Gasteiger partial charge < -0.3 is 15.2 Å². The Balaban J connectivity index is 1.77. The number of nitrogens with one attached hydrogen (secondary N) is 1. The van der Waals surface area contributed by atoms with Crippen molar-refractivity contribution in [3.05, 3.63) is 65.6 Å². The summed E-state index contributed by atoms with van der Waals surface area (Å²) < 4.78 is 20.3. The third-order valence-electron chi connectivity index (χ3n) is 4.58. The molecule has 0 bridgehead atoms. The average Bonchev–Trinajstić information content (AvgIpc) is 3.07. The molecule has 27 heavy (non-hydrogen) atoms. The zero-order chi connectivity index (χ0) is 19.0. The number of hydrogen-bond donors (Lipinski definition) is 2. The minimum absolute atomic E-state index is 0.0584. The summed E-state index contributed by atoms with van der Waals surface area (Å²) in [5.41, 5.74) is 2.36. The van der Waals surface area contributed by atoms with Crippen LogP contribution < -0.4 is 10.1 Å². The van der Waals surface area contributed by atoms with Gasteiger partial charge in [0.25, 0.3) is 0 Å². The van der Waals surface area contributed by atoms with Crippen molar-refractivity contribution in [3.8, 4) is 17.2 Å². The van der Waals surface area contributed by atoms with Crippen molar-refractivity contribution in [1.29, 1.82) is 0 Å². The number of ether oxygens (including phenoxy) is 1. The number of carbonyl (C=O) groups excluding carboxylic acids is 1. The molecule has 0 unspecified atom stereocenters. The van der Waals surface area contributed by atoms with Crippen LogP contribution in [0.2, 0.25) is 0 Å². The monoisotopic (exact) mass is 367 g/mol. The number of carbonyl (C=O) groups is 1. The van der Waals surface area contributed by atoms with Crippen LogP contribution in [0.25, 0.3) is 5.69 Å². The zero-order valence-electron chi connectivity index (χ0n) is 14.6. The van der Waals surface area contributed by atoms with Crippen LogP contribution in [0, 0.1) is 5.82 Å². The molecule has 1 aliphatic rings. The van der Waals surface area contributed by atoms with E-state index in [2.05, 4.69) is 10.4 Å². The number of rotatable bonds is 4. The Morgan fingerprint density at radius 1 is 1.30 bits per heavy atom. The molecule has 0 saturated heterocycles. The molecule has 7 heteroatoms. The second-order valence-electron chi connectivity index (χ2n) is 6.30. The van der Waals surface area contributed by atoms with Gasteiger partial charge in [-0.15, -0.1) is 0 Å². The molecule has 0 fully saturated rings. The Hall–Kier alpha value is -3.35. The number of halogens is 1. The quantitative estimate of drug-likeness (QED) is 0.739. The summed E-state index contributed by atoms with van der Waals surface area (Å²) in [5.74, 6) is 0.310. The fourth-order valence-corrected chi connectivity index (χ4v) is 3.31. The fourth-order valence-electron chi connectivity index (χ4n) is 3.31. The number of nitrogens with zero attached hydrogens (tertiary/aromatic N) is 2. The second kappa shape index (κ2) is 6.75. The summed E-state index contributed by atoms with van der Waals surface area (Å²) in [6.45, 7) is 2.26. The van der Waals surface area contributed by atoms with Crippen LogP contribution >= 0.6 is 0 Å². The van der Waals surface area contributed by atoms with Gasteiger partial charge in [0, 0.05) is 17.9 Å². The number of amides is 1. The summed E-state index contributed by atoms with van der Waals surface area (Å²) in [6, 6.07) is 11.0. The summed E-state index contributed by atoms with van der Waals surface area (Å²) in [5, 5.41) is 17.2. The highest BCUT2D eigenvalue weighted by molar-refractivity contribution is 5.94. The van der Waals surface area contributed by atoms with Crippen molar-refractivity contribution >= 4 is 11.7 Å². The molecule has 138 valence electrons. The van der Waals surface area contributed by atoms with Gasteiger partial charge in [0.15, 0.2) is 11.5 Å². The molecular formula is C20H18FN3O3. The van der Waals surface area contributed by atoms with Crippen molar-refractivity contribution in [2.24, 2.45) is 0 Å². The van der Waals surface area contributed by atoms with Gasteiger partial charge in [-0.3, -0.25) is 4.79 Å². The molecule has 6 nitrogen and oxygen atoms in total. The van der Waals surface area contributed by atoms with Crippen LogP contribution in [-0.4, -0.2) is 27.4 Å². The largest absolute Gasteiger partial charge is 0.504 e. The lowest BCUT2D eigenvalue weighted by atomic mass is 9.87.